The third-order valence-electron chi connectivity index (χ3n) is 3.55. The zero-order chi connectivity index (χ0) is 16.4. The molecular formula is C15H14BrFN2O3S. The summed E-state index contributed by atoms with van der Waals surface area (Å²) >= 11 is 3.29. The number of nitrogens with zero attached hydrogens (tertiary/aromatic N) is 2. The van der Waals surface area contributed by atoms with Gasteiger partial charge < -0.3 is 4.74 Å². The highest BCUT2D eigenvalue weighted by atomic mass is 79.9. The van der Waals surface area contributed by atoms with E-state index in [1.165, 1.54) is 22.5 Å². The summed E-state index contributed by atoms with van der Waals surface area (Å²) in [6, 6.07) is 8.89. The Morgan fingerprint density at radius 2 is 2.04 bits per heavy atom. The molecule has 1 aromatic carbocycles. The highest BCUT2D eigenvalue weighted by molar-refractivity contribution is 9.10. The Morgan fingerprint density at radius 1 is 1.26 bits per heavy atom. The fourth-order valence-corrected chi connectivity index (χ4v) is 4.19. The molecule has 0 saturated carbocycles. The van der Waals surface area contributed by atoms with Crippen LogP contribution in [-0.4, -0.2) is 36.9 Å². The van der Waals surface area contributed by atoms with Crippen molar-refractivity contribution in [3.63, 3.8) is 0 Å². The van der Waals surface area contributed by atoms with Crippen molar-refractivity contribution in [2.75, 3.05) is 13.1 Å². The maximum absolute atomic E-state index is 13.8. The van der Waals surface area contributed by atoms with E-state index >= 15 is 0 Å². The van der Waals surface area contributed by atoms with Gasteiger partial charge in [0.15, 0.2) is 0 Å². The lowest BCUT2D eigenvalue weighted by molar-refractivity contribution is 0.207. The summed E-state index contributed by atoms with van der Waals surface area (Å²) in [6.45, 7) is 0.465. The van der Waals surface area contributed by atoms with Gasteiger partial charge in [0.2, 0.25) is 15.9 Å². The van der Waals surface area contributed by atoms with Crippen molar-refractivity contribution in [2.24, 2.45) is 0 Å². The molecule has 0 aliphatic carbocycles. The van der Waals surface area contributed by atoms with Crippen LogP contribution in [0.2, 0.25) is 0 Å². The number of rotatable bonds is 4. The number of sulfonamides is 1. The van der Waals surface area contributed by atoms with Gasteiger partial charge in [-0.2, -0.15) is 4.31 Å². The molecule has 8 heteroatoms. The van der Waals surface area contributed by atoms with E-state index < -0.39 is 15.8 Å². The molecule has 2 heterocycles. The Balaban J connectivity index is 1.72. The monoisotopic (exact) mass is 400 g/mol. The highest BCUT2D eigenvalue weighted by Crippen LogP contribution is 2.25. The van der Waals surface area contributed by atoms with Crippen molar-refractivity contribution in [1.82, 2.24) is 9.29 Å². The van der Waals surface area contributed by atoms with Crippen LogP contribution >= 0.6 is 15.9 Å². The van der Waals surface area contributed by atoms with Crippen molar-refractivity contribution in [1.29, 1.82) is 0 Å². The first kappa shape index (κ1) is 16.4. The van der Waals surface area contributed by atoms with Crippen molar-refractivity contribution < 1.29 is 17.5 Å². The van der Waals surface area contributed by atoms with E-state index in [-0.39, 0.29) is 24.1 Å². The average molecular weight is 401 g/mol. The molecule has 5 nitrogen and oxygen atoms in total. The van der Waals surface area contributed by atoms with Crippen LogP contribution in [0.1, 0.15) is 6.42 Å². The molecule has 1 saturated heterocycles. The Hall–Kier alpha value is -1.51. The van der Waals surface area contributed by atoms with Crippen LogP contribution in [0.15, 0.2) is 52.0 Å². The molecule has 0 bridgehead atoms. The molecule has 3 rings (SSSR count). The van der Waals surface area contributed by atoms with Gasteiger partial charge in [-0.25, -0.2) is 17.8 Å². The molecule has 0 amide bonds. The zero-order valence-electron chi connectivity index (χ0n) is 12.0. The lowest BCUT2D eigenvalue weighted by atomic mass is 10.3. The maximum Gasteiger partial charge on any atom is 0.246 e. The number of halogens is 2. The molecule has 0 radical (unpaired) electrons. The molecule has 1 atom stereocenters. The predicted octanol–water partition coefficient (Wildman–Crippen LogP) is 2.83. The van der Waals surface area contributed by atoms with Gasteiger partial charge in [-0.15, -0.1) is 0 Å². The molecule has 1 fully saturated rings. The molecular weight excluding hydrogens is 387 g/mol. The van der Waals surface area contributed by atoms with Crippen molar-refractivity contribution in [3.8, 4) is 5.88 Å². The third-order valence-corrected chi connectivity index (χ3v) is 5.92. The molecule has 1 aromatic heterocycles. The quantitative estimate of drug-likeness (QED) is 0.791. The normalized spacial score (nSPS) is 19.0. The van der Waals surface area contributed by atoms with Gasteiger partial charge >= 0.3 is 0 Å². The van der Waals surface area contributed by atoms with Crippen LogP contribution in [0, 0.1) is 5.82 Å². The summed E-state index contributed by atoms with van der Waals surface area (Å²) in [4.78, 5) is 3.80. The minimum absolute atomic E-state index is 0.175. The van der Waals surface area contributed by atoms with E-state index in [4.69, 9.17) is 4.74 Å². The lowest BCUT2D eigenvalue weighted by Crippen LogP contribution is -2.31. The molecule has 23 heavy (non-hydrogen) atoms. The molecule has 1 aliphatic rings. The first-order valence-corrected chi connectivity index (χ1v) is 9.23. The first-order chi connectivity index (χ1) is 11.0. The summed E-state index contributed by atoms with van der Waals surface area (Å²) in [7, 11) is -3.85. The SMILES string of the molecule is O=S(=O)(c1ccccc1F)N1CCC(Oc2ccc(Br)cn2)C1. The second-order valence-corrected chi connectivity index (χ2v) is 7.96. The van der Waals surface area contributed by atoms with E-state index in [0.29, 0.717) is 12.3 Å². The van der Waals surface area contributed by atoms with E-state index in [1.54, 1.807) is 18.3 Å². The van der Waals surface area contributed by atoms with E-state index in [0.717, 1.165) is 10.5 Å². The van der Waals surface area contributed by atoms with Gasteiger partial charge in [0, 0.05) is 23.3 Å². The fraction of sp³-hybridized carbons (Fsp3) is 0.267. The summed E-state index contributed by atoms with van der Waals surface area (Å²) in [5, 5.41) is 0. The van der Waals surface area contributed by atoms with Gasteiger partial charge in [0.05, 0.1) is 6.54 Å². The zero-order valence-corrected chi connectivity index (χ0v) is 14.4. The summed E-state index contributed by atoms with van der Waals surface area (Å²) in [5.74, 6) is -0.310. The van der Waals surface area contributed by atoms with Crippen LogP contribution in [0.25, 0.3) is 0 Å². The number of ether oxygens (including phenoxy) is 1. The minimum atomic E-state index is -3.85. The number of hydrogen-bond acceptors (Lipinski definition) is 4. The molecule has 0 spiro atoms. The van der Waals surface area contributed by atoms with Gasteiger partial charge in [-0.1, -0.05) is 12.1 Å². The molecule has 2 aromatic rings. The van der Waals surface area contributed by atoms with Crippen molar-refractivity contribution in [2.45, 2.75) is 17.4 Å². The topological polar surface area (TPSA) is 59.5 Å². The van der Waals surface area contributed by atoms with Crippen LogP contribution in [-0.2, 0) is 10.0 Å². The molecule has 1 unspecified atom stereocenters. The Kier molecular flexibility index (Phi) is 4.65. The number of benzene rings is 1. The van der Waals surface area contributed by atoms with Crippen LogP contribution < -0.4 is 4.74 Å². The Labute approximate surface area is 142 Å². The maximum atomic E-state index is 13.8. The van der Waals surface area contributed by atoms with E-state index in [1.807, 2.05) is 0 Å². The minimum Gasteiger partial charge on any atom is -0.473 e. The largest absolute Gasteiger partial charge is 0.473 e. The number of hydrogen-bond donors (Lipinski definition) is 0. The van der Waals surface area contributed by atoms with Crippen LogP contribution in [0.4, 0.5) is 4.39 Å². The van der Waals surface area contributed by atoms with Gasteiger partial charge in [0.25, 0.3) is 0 Å². The second-order valence-electron chi connectivity index (χ2n) is 5.14. The first-order valence-electron chi connectivity index (χ1n) is 7.00. The standard InChI is InChI=1S/C15H14BrFN2O3S/c16-11-5-6-15(18-9-11)22-12-7-8-19(10-12)23(20,21)14-4-2-1-3-13(14)17/h1-6,9,12H,7-8,10H2. The summed E-state index contributed by atoms with van der Waals surface area (Å²) in [6.07, 6.45) is 1.84. The molecule has 0 N–H and O–H groups in total. The van der Waals surface area contributed by atoms with Gasteiger partial charge in [0.1, 0.15) is 16.8 Å². The van der Waals surface area contributed by atoms with Crippen molar-refractivity contribution >= 4 is 26.0 Å². The van der Waals surface area contributed by atoms with Crippen molar-refractivity contribution in [3.05, 3.63) is 52.9 Å². The molecule has 1 aliphatic heterocycles. The smallest absolute Gasteiger partial charge is 0.246 e. The van der Waals surface area contributed by atoms with Crippen LogP contribution in [0.3, 0.4) is 0 Å². The van der Waals surface area contributed by atoms with Gasteiger partial charge in [-0.05, 0) is 40.5 Å². The number of pyridine rings is 1. The Bertz CT molecular complexity index is 799. The average Bonchev–Trinajstić information content (AvgIpc) is 2.99. The predicted molar refractivity (Wildman–Crippen MR) is 86.1 cm³/mol. The third kappa shape index (κ3) is 3.54. The van der Waals surface area contributed by atoms with Gasteiger partial charge in [-0.3, -0.25) is 0 Å². The highest BCUT2D eigenvalue weighted by Gasteiger charge is 2.35. The van der Waals surface area contributed by atoms with E-state index in [2.05, 4.69) is 20.9 Å². The lowest BCUT2D eigenvalue weighted by Gasteiger charge is -2.17. The molecule has 122 valence electrons. The van der Waals surface area contributed by atoms with E-state index in [9.17, 15) is 12.8 Å². The Morgan fingerprint density at radius 3 is 2.74 bits per heavy atom. The fourth-order valence-electron chi connectivity index (χ4n) is 2.41. The summed E-state index contributed by atoms with van der Waals surface area (Å²) < 4.78 is 46.6. The second kappa shape index (κ2) is 6.54. The van der Waals surface area contributed by atoms with Crippen LogP contribution in [0.5, 0.6) is 5.88 Å². The number of aromatic nitrogens is 1. The summed E-state index contributed by atoms with van der Waals surface area (Å²) in [5.41, 5.74) is 0.